The number of thiocarbonyl (C=S) groups is 1. The highest BCUT2D eigenvalue weighted by atomic mass is 32.1. The minimum Gasteiger partial charge on any atom is -0.461 e. The standard InChI is InChI=1S/C22H21N3O3S/c1-2-28-21(27)19-18(13-14-23-19)25(15-16-9-5-3-6-10-16)22(29)24-20(26)17-11-7-4-8-12-17/h3-14,23H,2,15H2,1H3,(H,24,26,29). The highest BCUT2D eigenvalue weighted by molar-refractivity contribution is 7.80. The summed E-state index contributed by atoms with van der Waals surface area (Å²) >= 11 is 5.54. The van der Waals surface area contributed by atoms with Gasteiger partial charge >= 0.3 is 5.97 Å². The Morgan fingerprint density at radius 2 is 1.69 bits per heavy atom. The number of hydrogen-bond donors (Lipinski definition) is 2. The SMILES string of the molecule is CCOC(=O)c1[nH]ccc1N(Cc1ccccc1)C(=S)NC(=O)c1ccccc1. The molecule has 148 valence electrons. The highest BCUT2D eigenvalue weighted by Crippen LogP contribution is 2.23. The maximum Gasteiger partial charge on any atom is 0.356 e. The van der Waals surface area contributed by atoms with Gasteiger partial charge in [0.15, 0.2) is 5.11 Å². The second kappa shape index (κ2) is 9.66. The van der Waals surface area contributed by atoms with E-state index in [1.807, 2.05) is 36.4 Å². The molecule has 2 aromatic carbocycles. The van der Waals surface area contributed by atoms with Crippen LogP contribution in [0, 0.1) is 0 Å². The Labute approximate surface area is 174 Å². The van der Waals surface area contributed by atoms with Crippen LogP contribution in [0.3, 0.4) is 0 Å². The molecule has 1 aromatic heterocycles. The van der Waals surface area contributed by atoms with Gasteiger partial charge in [0.25, 0.3) is 5.91 Å². The van der Waals surface area contributed by atoms with Crippen LogP contribution in [0.5, 0.6) is 0 Å². The molecule has 0 spiro atoms. The number of aromatic amines is 1. The highest BCUT2D eigenvalue weighted by Gasteiger charge is 2.23. The van der Waals surface area contributed by atoms with Gasteiger partial charge in [-0.2, -0.15) is 0 Å². The number of hydrogen-bond acceptors (Lipinski definition) is 4. The summed E-state index contributed by atoms with van der Waals surface area (Å²) in [6.07, 6.45) is 1.64. The minimum absolute atomic E-state index is 0.188. The van der Waals surface area contributed by atoms with E-state index in [4.69, 9.17) is 17.0 Å². The third kappa shape index (κ3) is 5.08. The predicted molar refractivity (Wildman–Crippen MR) is 116 cm³/mol. The first-order chi connectivity index (χ1) is 14.1. The third-order valence-corrected chi connectivity index (χ3v) is 4.50. The summed E-state index contributed by atoms with van der Waals surface area (Å²) in [5, 5.41) is 2.94. The van der Waals surface area contributed by atoms with Crippen molar-refractivity contribution in [2.24, 2.45) is 0 Å². The molecule has 0 bridgehead atoms. The summed E-state index contributed by atoms with van der Waals surface area (Å²) in [6, 6.07) is 20.2. The van der Waals surface area contributed by atoms with E-state index in [-0.39, 0.29) is 23.3 Å². The van der Waals surface area contributed by atoms with Crippen LogP contribution in [0.1, 0.15) is 33.3 Å². The van der Waals surface area contributed by atoms with Crippen molar-refractivity contribution < 1.29 is 14.3 Å². The van der Waals surface area contributed by atoms with E-state index >= 15 is 0 Å². The van der Waals surface area contributed by atoms with Crippen molar-refractivity contribution in [2.75, 3.05) is 11.5 Å². The molecule has 29 heavy (non-hydrogen) atoms. The van der Waals surface area contributed by atoms with Crippen LogP contribution in [0.15, 0.2) is 72.9 Å². The van der Waals surface area contributed by atoms with Gasteiger partial charge in [-0.1, -0.05) is 48.5 Å². The van der Waals surface area contributed by atoms with Gasteiger partial charge in [0.2, 0.25) is 0 Å². The molecule has 0 atom stereocenters. The Bertz CT molecular complexity index is 987. The van der Waals surface area contributed by atoms with Gasteiger partial charge in [-0.25, -0.2) is 4.79 Å². The Kier molecular flexibility index (Phi) is 6.76. The van der Waals surface area contributed by atoms with E-state index in [0.29, 0.717) is 17.8 Å². The lowest BCUT2D eigenvalue weighted by atomic mass is 10.2. The lowest BCUT2D eigenvalue weighted by Crippen LogP contribution is -2.43. The molecular formula is C22H21N3O3S. The van der Waals surface area contributed by atoms with E-state index in [2.05, 4.69) is 10.3 Å². The molecule has 7 heteroatoms. The number of anilines is 1. The van der Waals surface area contributed by atoms with Crippen LogP contribution >= 0.6 is 12.2 Å². The number of aromatic nitrogens is 1. The Morgan fingerprint density at radius 1 is 1.03 bits per heavy atom. The van der Waals surface area contributed by atoms with Crippen LogP contribution in [0.4, 0.5) is 5.69 Å². The van der Waals surface area contributed by atoms with E-state index in [0.717, 1.165) is 5.56 Å². The summed E-state index contributed by atoms with van der Waals surface area (Å²) in [5.41, 5.74) is 2.28. The zero-order valence-corrected chi connectivity index (χ0v) is 16.7. The average molecular weight is 407 g/mol. The first-order valence-corrected chi connectivity index (χ1v) is 9.57. The van der Waals surface area contributed by atoms with E-state index in [1.54, 1.807) is 48.4 Å². The van der Waals surface area contributed by atoms with Crippen LogP contribution in [-0.4, -0.2) is 28.6 Å². The molecule has 3 rings (SSSR count). The molecule has 0 unspecified atom stereocenters. The van der Waals surface area contributed by atoms with Crippen molar-refractivity contribution in [3.05, 3.63) is 89.7 Å². The normalized spacial score (nSPS) is 10.2. The molecule has 3 aromatic rings. The van der Waals surface area contributed by atoms with E-state index in [9.17, 15) is 9.59 Å². The van der Waals surface area contributed by atoms with Gasteiger partial charge in [0.05, 0.1) is 18.8 Å². The zero-order chi connectivity index (χ0) is 20.6. The minimum atomic E-state index is -0.484. The van der Waals surface area contributed by atoms with Crippen LogP contribution in [-0.2, 0) is 11.3 Å². The summed E-state index contributed by atoms with van der Waals surface area (Å²) in [4.78, 5) is 29.5. The Morgan fingerprint density at radius 3 is 2.34 bits per heavy atom. The number of amides is 1. The first-order valence-electron chi connectivity index (χ1n) is 9.16. The lowest BCUT2D eigenvalue weighted by Gasteiger charge is -2.25. The fourth-order valence-electron chi connectivity index (χ4n) is 2.81. The number of benzene rings is 2. The molecule has 2 N–H and O–H groups in total. The van der Waals surface area contributed by atoms with Crippen molar-refractivity contribution in [1.82, 2.24) is 10.3 Å². The molecule has 0 saturated carbocycles. The molecule has 0 aliphatic carbocycles. The summed E-state index contributed by atoms with van der Waals surface area (Å²) in [5.74, 6) is -0.801. The maximum absolute atomic E-state index is 12.6. The van der Waals surface area contributed by atoms with Crippen molar-refractivity contribution in [3.63, 3.8) is 0 Å². The molecule has 0 saturated heterocycles. The number of nitrogens with zero attached hydrogens (tertiary/aromatic N) is 1. The molecule has 0 fully saturated rings. The molecule has 6 nitrogen and oxygen atoms in total. The summed E-state index contributed by atoms with van der Waals surface area (Å²) < 4.78 is 5.13. The Balaban J connectivity index is 1.89. The van der Waals surface area contributed by atoms with Gasteiger partial charge < -0.3 is 14.6 Å². The molecular weight excluding hydrogens is 386 g/mol. The molecule has 0 radical (unpaired) electrons. The number of rotatable bonds is 6. The fourth-order valence-corrected chi connectivity index (χ4v) is 3.07. The van der Waals surface area contributed by atoms with Crippen molar-refractivity contribution in [2.45, 2.75) is 13.5 Å². The van der Waals surface area contributed by atoms with Gasteiger partial charge in [-0.05, 0) is 42.9 Å². The van der Waals surface area contributed by atoms with Gasteiger partial charge in [0, 0.05) is 11.8 Å². The largest absolute Gasteiger partial charge is 0.461 e. The van der Waals surface area contributed by atoms with Gasteiger partial charge in [-0.3, -0.25) is 10.1 Å². The molecule has 1 amide bonds. The monoisotopic (exact) mass is 407 g/mol. The van der Waals surface area contributed by atoms with Crippen LogP contribution in [0.2, 0.25) is 0 Å². The summed E-state index contributed by atoms with van der Waals surface area (Å²) in [6.45, 7) is 2.37. The third-order valence-electron chi connectivity index (χ3n) is 4.18. The number of ether oxygens (including phenoxy) is 1. The van der Waals surface area contributed by atoms with Gasteiger partial charge in [0.1, 0.15) is 5.69 Å². The van der Waals surface area contributed by atoms with Crippen molar-refractivity contribution >= 4 is 34.9 Å². The topological polar surface area (TPSA) is 74.4 Å². The van der Waals surface area contributed by atoms with E-state index in [1.165, 1.54) is 0 Å². The molecule has 0 aliphatic heterocycles. The number of H-pyrrole nitrogens is 1. The second-order valence-electron chi connectivity index (χ2n) is 6.16. The quantitative estimate of drug-likeness (QED) is 0.479. The summed E-state index contributed by atoms with van der Waals surface area (Å²) in [7, 11) is 0. The first kappa shape index (κ1) is 20.3. The van der Waals surface area contributed by atoms with Crippen LogP contribution in [0.25, 0.3) is 0 Å². The van der Waals surface area contributed by atoms with Crippen LogP contribution < -0.4 is 10.2 Å². The number of carbonyl (C=O) groups is 2. The average Bonchev–Trinajstić information content (AvgIpc) is 3.23. The van der Waals surface area contributed by atoms with Crippen molar-refractivity contribution in [3.8, 4) is 0 Å². The Hall–Kier alpha value is -3.45. The lowest BCUT2D eigenvalue weighted by molar-refractivity contribution is 0.0521. The number of esters is 1. The number of nitrogens with one attached hydrogen (secondary N) is 2. The maximum atomic E-state index is 12.6. The fraction of sp³-hybridized carbons (Fsp3) is 0.136. The number of carbonyl (C=O) groups excluding carboxylic acids is 2. The molecule has 1 heterocycles. The van der Waals surface area contributed by atoms with Gasteiger partial charge in [-0.15, -0.1) is 0 Å². The predicted octanol–water partition coefficient (Wildman–Crippen LogP) is 3.91. The molecule has 0 aliphatic rings. The second-order valence-corrected chi connectivity index (χ2v) is 6.54. The smallest absolute Gasteiger partial charge is 0.356 e. The van der Waals surface area contributed by atoms with E-state index < -0.39 is 5.97 Å². The van der Waals surface area contributed by atoms with Crippen molar-refractivity contribution in [1.29, 1.82) is 0 Å². The zero-order valence-electron chi connectivity index (χ0n) is 15.9.